The third kappa shape index (κ3) is 3.40. The van der Waals surface area contributed by atoms with E-state index in [1.54, 1.807) is 4.90 Å². The normalized spacial score (nSPS) is 15.3. The topological polar surface area (TPSA) is 87.1 Å². The Morgan fingerprint density at radius 3 is 2.47 bits per heavy atom. The standard InChI is InChI=1S/C12H18N6O/c1-9-7-10(2)15-12(14-9)16-11(13)18-5-3-17(8-19)4-6-18/h7-8H,3-6H2,1-2H3,(H2,13,14,15,16)/p+1. The Bertz CT molecular complexity index is 483. The zero-order valence-electron chi connectivity index (χ0n) is 11.3. The first kappa shape index (κ1) is 13.3. The quantitative estimate of drug-likeness (QED) is 0.419. The van der Waals surface area contributed by atoms with Crippen LogP contribution >= 0.6 is 0 Å². The second-order valence-electron chi connectivity index (χ2n) is 4.61. The van der Waals surface area contributed by atoms with Gasteiger partial charge in [-0.25, -0.2) is 15.3 Å². The van der Waals surface area contributed by atoms with Gasteiger partial charge in [-0.2, -0.15) is 0 Å². The summed E-state index contributed by atoms with van der Waals surface area (Å²) < 4.78 is 1.99. The molecule has 0 unspecified atom stereocenters. The molecule has 1 aliphatic heterocycles. The lowest BCUT2D eigenvalue weighted by Gasteiger charge is -2.24. The first-order chi connectivity index (χ1) is 9.08. The zero-order chi connectivity index (χ0) is 13.8. The van der Waals surface area contributed by atoms with Crippen LogP contribution in [0, 0.1) is 13.8 Å². The number of piperazine rings is 1. The Kier molecular flexibility index (Phi) is 3.94. The van der Waals surface area contributed by atoms with Gasteiger partial charge in [0.15, 0.2) is 0 Å². The van der Waals surface area contributed by atoms with E-state index in [2.05, 4.69) is 15.3 Å². The Hall–Kier alpha value is -2.18. The summed E-state index contributed by atoms with van der Waals surface area (Å²) >= 11 is 0. The van der Waals surface area contributed by atoms with E-state index in [0.29, 0.717) is 38.1 Å². The molecule has 1 aliphatic rings. The van der Waals surface area contributed by atoms with E-state index in [-0.39, 0.29) is 0 Å². The van der Waals surface area contributed by atoms with Crippen LogP contribution in [-0.2, 0) is 4.79 Å². The number of rotatable bonds is 2. The molecule has 2 heterocycles. The van der Waals surface area contributed by atoms with E-state index in [4.69, 9.17) is 5.73 Å². The number of amides is 1. The number of carbonyl (C=O) groups excluding carboxylic acids is 1. The van der Waals surface area contributed by atoms with E-state index in [1.807, 2.05) is 24.5 Å². The second-order valence-corrected chi connectivity index (χ2v) is 4.61. The van der Waals surface area contributed by atoms with Gasteiger partial charge in [0.05, 0.1) is 26.2 Å². The predicted molar refractivity (Wildman–Crippen MR) is 72.0 cm³/mol. The molecule has 1 saturated heterocycles. The lowest BCUT2D eigenvalue weighted by atomic mass is 10.3. The van der Waals surface area contributed by atoms with E-state index in [0.717, 1.165) is 17.8 Å². The fourth-order valence-electron chi connectivity index (χ4n) is 2.04. The van der Waals surface area contributed by atoms with Gasteiger partial charge in [0.1, 0.15) is 0 Å². The highest BCUT2D eigenvalue weighted by molar-refractivity contribution is 5.86. The molecule has 7 nitrogen and oxygen atoms in total. The molecule has 0 radical (unpaired) electrons. The molecule has 7 heteroatoms. The van der Waals surface area contributed by atoms with E-state index in [1.165, 1.54) is 0 Å². The minimum atomic E-state index is 0.507. The van der Waals surface area contributed by atoms with Gasteiger partial charge in [-0.15, -0.1) is 0 Å². The van der Waals surface area contributed by atoms with Crippen LogP contribution in [0.3, 0.4) is 0 Å². The number of hydrogen-bond donors (Lipinski definition) is 2. The summed E-state index contributed by atoms with van der Waals surface area (Å²) in [5.41, 5.74) is 7.81. The van der Waals surface area contributed by atoms with Crippen LogP contribution in [0.5, 0.6) is 0 Å². The molecule has 0 aliphatic carbocycles. The molecule has 19 heavy (non-hydrogen) atoms. The lowest BCUT2D eigenvalue weighted by Crippen LogP contribution is -2.47. The van der Waals surface area contributed by atoms with Crippen molar-refractivity contribution in [2.75, 3.05) is 31.5 Å². The summed E-state index contributed by atoms with van der Waals surface area (Å²) in [6.45, 7) is 6.61. The van der Waals surface area contributed by atoms with Crippen LogP contribution in [0.2, 0.25) is 0 Å². The molecule has 2 rings (SSSR count). The molecular formula is C12H19N6O+. The Balaban J connectivity index is 2.08. The van der Waals surface area contributed by atoms with Crippen molar-refractivity contribution in [2.24, 2.45) is 5.73 Å². The molecule has 0 aromatic carbocycles. The van der Waals surface area contributed by atoms with Crippen LogP contribution < -0.4 is 11.1 Å². The van der Waals surface area contributed by atoms with E-state index in [9.17, 15) is 4.79 Å². The molecule has 0 saturated carbocycles. The molecule has 3 N–H and O–H groups in total. The SMILES string of the molecule is Cc1cc(C)nc(NC(N)=[N+]2CCN(C=O)CC2)n1. The van der Waals surface area contributed by atoms with Crippen molar-refractivity contribution >= 4 is 18.3 Å². The average molecular weight is 263 g/mol. The summed E-state index contributed by atoms with van der Waals surface area (Å²) in [4.78, 5) is 20.9. The Morgan fingerprint density at radius 2 is 1.95 bits per heavy atom. The Morgan fingerprint density at radius 1 is 1.37 bits per heavy atom. The summed E-state index contributed by atoms with van der Waals surface area (Å²) in [6, 6.07) is 1.91. The zero-order valence-corrected chi connectivity index (χ0v) is 11.3. The van der Waals surface area contributed by atoms with E-state index < -0.39 is 0 Å². The van der Waals surface area contributed by atoms with Crippen molar-refractivity contribution < 1.29 is 9.37 Å². The maximum Gasteiger partial charge on any atom is 0.351 e. The largest absolute Gasteiger partial charge is 0.351 e. The van der Waals surface area contributed by atoms with Gasteiger partial charge in [0.2, 0.25) is 6.41 Å². The molecule has 0 bridgehead atoms. The summed E-state index contributed by atoms with van der Waals surface area (Å²) in [5.74, 6) is 1.03. The van der Waals surface area contributed by atoms with Crippen molar-refractivity contribution in [3.63, 3.8) is 0 Å². The molecular weight excluding hydrogens is 244 g/mol. The van der Waals surface area contributed by atoms with Crippen LogP contribution in [0.1, 0.15) is 11.4 Å². The third-order valence-corrected chi connectivity index (χ3v) is 3.03. The highest BCUT2D eigenvalue weighted by atomic mass is 16.1. The Labute approximate surface area is 112 Å². The van der Waals surface area contributed by atoms with Gasteiger partial charge in [-0.3, -0.25) is 15.1 Å². The first-order valence-corrected chi connectivity index (χ1v) is 6.24. The van der Waals surface area contributed by atoms with Crippen LogP contribution in [0.15, 0.2) is 6.07 Å². The molecule has 1 fully saturated rings. The molecule has 0 spiro atoms. The van der Waals surface area contributed by atoms with Crippen LogP contribution in [0.25, 0.3) is 0 Å². The molecule has 1 aromatic rings. The van der Waals surface area contributed by atoms with Gasteiger partial charge < -0.3 is 4.90 Å². The van der Waals surface area contributed by atoms with Crippen molar-refractivity contribution in [3.05, 3.63) is 17.5 Å². The van der Waals surface area contributed by atoms with E-state index >= 15 is 0 Å². The van der Waals surface area contributed by atoms with Gasteiger partial charge in [0, 0.05) is 11.4 Å². The van der Waals surface area contributed by atoms with Crippen molar-refractivity contribution in [1.82, 2.24) is 14.9 Å². The number of guanidine groups is 1. The molecule has 102 valence electrons. The summed E-state index contributed by atoms with van der Waals surface area (Å²) in [6.07, 6.45) is 0.869. The third-order valence-electron chi connectivity index (χ3n) is 3.03. The fourth-order valence-corrected chi connectivity index (χ4v) is 2.04. The first-order valence-electron chi connectivity index (χ1n) is 6.24. The number of nitrogens with zero attached hydrogens (tertiary/aromatic N) is 4. The summed E-state index contributed by atoms with van der Waals surface area (Å²) in [7, 11) is 0. The van der Waals surface area contributed by atoms with Crippen molar-refractivity contribution in [2.45, 2.75) is 13.8 Å². The molecule has 1 aromatic heterocycles. The summed E-state index contributed by atoms with van der Waals surface area (Å²) in [5, 5.41) is 3.02. The molecule has 0 atom stereocenters. The average Bonchev–Trinajstić information content (AvgIpc) is 2.37. The number of nitrogens with two attached hydrogens (primary N) is 1. The van der Waals surface area contributed by atoms with Gasteiger partial charge in [-0.1, -0.05) is 0 Å². The van der Waals surface area contributed by atoms with Crippen LogP contribution in [-0.4, -0.2) is 58.0 Å². The van der Waals surface area contributed by atoms with Gasteiger partial charge >= 0.3 is 5.96 Å². The number of carbonyl (C=O) groups is 1. The number of nitrogens with one attached hydrogen (secondary N) is 1. The van der Waals surface area contributed by atoms with Crippen LogP contribution in [0.4, 0.5) is 5.95 Å². The number of aromatic nitrogens is 2. The minimum Gasteiger partial charge on any atom is -0.339 e. The lowest BCUT2D eigenvalue weighted by molar-refractivity contribution is -0.538. The fraction of sp³-hybridized carbons (Fsp3) is 0.500. The highest BCUT2D eigenvalue weighted by Crippen LogP contribution is 2.03. The number of aryl methyl sites for hydroxylation is 2. The van der Waals surface area contributed by atoms with Crippen molar-refractivity contribution in [3.8, 4) is 0 Å². The maximum atomic E-state index is 10.6. The monoisotopic (exact) mass is 263 g/mol. The second kappa shape index (κ2) is 5.64. The predicted octanol–water partition coefficient (Wildman–Crippen LogP) is -0.695. The van der Waals surface area contributed by atoms with Gasteiger partial charge in [-0.05, 0) is 19.9 Å². The number of hydrogen-bond acceptors (Lipinski definition) is 3. The van der Waals surface area contributed by atoms with Gasteiger partial charge in [0.25, 0.3) is 5.95 Å². The minimum absolute atomic E-state index is 0.507. The number of anilines is 1. The molecule has 1 amide bonds. The van der Waals surface area contributed by atoms with Crippen molar-refractivity contribution in [1.29, 1.82) is 0 Å². The smallest absolute Gasteiger partial charge is 0.339 e. The maximum absolute atomic E-state index is 10.6. The highest BCUT2D eigenvalue weighted by Gasteiger charge is 2.17.